The van der Waals surface area contributed by atoms with Crippen LogP contribution in [0.25, 0.3) is 0 Å². The Hall–Kier alpha value is -5.44. The minimum absolute atomic E-state index is 0.0960. The molecule has 0 radical (unpaired) electrons. The third-order valence-electron chi connectivity index (χ3n) is 6.75. The Morgan fingerprint density at radius 3 is 2.07 bits per heavy atom. The van der Waals surface area contributed by atoms with Crippen molar-refractivity contribution in [2.75, 3.05) is 34.5 Å². The second-order valence-electron chi connectivity index (χ2n) is 9.49. The summed E-state index contributed by atoms with van der Waals surface area (Å²) in [7, 11) is 1.56. The molecule has 9 nitrogen and oxygen atoms in total. The van der Waals surface area contributed by atoms with Crippen LogP contribution in [0.5, 0.6) is 5.75 Å². The number of amides is 4. The molecule has 1 heterocycles. The first-order chi connectivity index (χ1) is 19.9. The standard InChI is InChI=1S/C32H28N4O5/c1-41-26-17-15-24(16-18-26)34-32(40)27-9-5-6-10-28(27)35-30(38)21-11-13-23(14-12-21)33-31(39)22-19-29(37)36(20-22)25-7-3-2-4-8-25/h2-18,22H,19-20H2,1H3,(H,33,39)(H,34,40)(H,35,38). The minimum Gasteiger partial charge on any atom is -0.497 e. The van der Waals surface area contributed by atoms with Crippen molar-refractivity contribution in [2.45, 2.75) is 6.42 Å². The molecule has 1 fully saturated rings. The quantitative estimate of drug-likeness (QED) is 0.280. The lowest BCUT2D eigenvalue weighted by molar-refractivity contribution is -0.122. The van der Waals surface area contributed by atoms with E-state index in [4.69, 9.17) is 4.74 Å². The highest BCUT2D eigenvalue weighted by Crippen LogP contribution is 2.26. The van der Waals surface area contributed by atoms with Gasteiger partial charge in [0.1, 0.15) is 5.75 Å². The zero-order valence-electron chi connectivity index (χ0n) is 22.3. The molecular formula is C32H28N4O5. The molecule has 5 rings (SSSR count). The number of nitrogens with zero attached hydrogens (tertiary/aromatic N) is 1. The molecule has 4 aromatic rings. The smallest absolute Gasteiger partial charge is 0.257 e. The lowest BCUT2D eigenvalue weighted by atomic mass is 10.1. The molecule has 1 atom stereocenters. The van der Waals surface area contributed by atoms with Crippen LogP contribution in [-0.2, 0) is 9.59 Å². The summed E-state index contributed by atoms with van der Waals surface area (Å²) in [5, 5.41) is 8.44. The molecule has 1 unspecified atom stereocenters. The molecule has 0 aliphatic carbocycles. The molecule has 1 aliphatic rings. The zero-order valence-corrected chi connectivity index (χ0v) is 22.3. The van der Waals surface area contributed by atoms with E-state index < -0.39 is 11.8 Å². The van der Waals surface area contributed by atoms with E-state index in [1.165, 1.54) is 0 Å². The number of carbonyl (C=O) groups excluding carboxylic acids is 4. The molecule has 0 saturated carbocycles. The van der Waals surface area contributed by atoms with Crippen LogP contribution in [0.15, 0.2) is 103 Å². The average Bonchev–Trinajstić information content (AvgIpc) is 3.40. The van der Waals surface area contributed by atoms with Gasteiger partial charge in [-0.3, -0.25) is 19.2 Å². The number of carbonyl (C=O) groups is 4. The monoisotopic (exact) mass is 548 g/mol. The van der Waals surface area contributed by atoms with E-state index in [1.807, 2.05) is 30.3 Å². The Morgan fingerprint density at radius 1 is 0.732 bits per heavy atom. The van der Waals surface area contributed by atoms with Gasteiger partial charge in [-0.1, -0.05) is 30.3 Å². The number of para-hydroxylation sites is 2. The van der Waals surface area contributed by atoms with E-state index in [-0.39, 0.29) is 24.1 Å². The van der Waals surface area contributed by atoms with Crippen LogP contribution in [-0.4, -0.2) is 37.3 Å². The normalized spacial score (nSPS) is 14.3. The topological polar surface area (TPSA) is 117 Å². The number of rotatable bonds is 8. The Balaban J connectivity index is 1.19. The minimum atomic E-state index is -0.480. The van der Waals surface area contributed by atoms with Gasteiger partial charge in [-0.25, -0.2) is 0 Å². The second-order valence-corrected chi connectivity index (χ2v) is 9.49. The number of benzene rings is 4. The zero-order chi connectivity index (χ0) is 28.8. The van der Waals surface area contributed by atoms with Crippen molar-refractivity contribution in [2.24, 2.45) is 5.92 Å². The molecule has 0 spiro atoms. The van der Waals surface area contributed by atoms with Gasteiger partial charge in [0, 0.05) is 35.6 Å². The van der Waals surface area contributed by atoms with Gasteiger partial charge in [0.2, 0.25) is 11.8 Å². The number of ether oxygens (including phenoxy) is 1. The van der Waals surface area contributed by atoms with Gasteiger partial charge < -0.3 is 25.6 Å². The van der Waals surface area contributed by atoms with Crippen molar-refractivity contribution in [1.82, 2.24) is 0 Å². The highest BCUT2D eigenvalue weighted by atomic mass is 16.5. The first kappa shape index (κ1) is 27.1. The predicted octanol–water partition coefficient (Wildman–Crippen LogP) is 5.19. The maximum atomic E-state index is 13.0. The van der Waals surface area contributed by atoms with Crippen LogP contribution in [0.1, 0.15) is 27.1 Å². The molecule has 3 N–H and O–H groups in total. The van der Waals surface area contributed by atoms with E-state index >= 15 is 0 Å². The summed E-state index contributed by atoms with van der Waals surface area (Å²) in [6.45, 7) is 0.306. The van der Waals surface area contributed by atoms with E-state index in [9.17, 15) is 19.2 Å². The van der Waals surface area contributed by atoms with Crippen LogP contribution >= 0.6 is 0 Å². The molecular weight excluding hydrogens is 520 g/mol. The van der Waals surface area contributed by atoms with Crippen molar-refractivity contribution >= 4 is 46.4 Å². The van der Waals surface area contributed by atoms with Crippen molar-refractivity contribution in [3.63, 3.8) is 0 Å². The fourth-order valence-electron chi connectivity index (χ4n) is 4.55. The van der Waals surface area contributed by atoms with Gasteiger partial charge in [-0.2, -0.15) is 0 Å². The highest BCUT2D eigenvalue weighted by Gasteiger charge is 2.35. The van der Waals surface area contributed by atoms with Crippen LogP contribution in [0.2, 0.25) is 0 Å². The molecule has 1 saturated heterocycles. The summed E-state index contributed by atoms with van der Waals surface area (Å²) < 4.78 is 5.14. The lowest BCUT2D eigenvalue weighted by Crippen LogP contribution is -2.28. The van der Waals surface area contributed by atoms with Crippen molar-refractivity contribution in [3.8, 4) is 5.75 Å². The molecule has 0 aromatic heterocycles. The summed E-state index contributed by atoms with van der Waals surface area (Å²) >= 11 is 0. The fourth-order valence-corrected chi connectivity index (χ4v) is 4.55. The van der Waals surface area contributed by atoms with Gasteiger partial charge in [0.05, 0.1) is 24.3 Å². The summed E-state index contributed by atoms with van der Waals surface area (Å²) in [5.41, 5.74) is 2.87. The van der Waals surface area contributed by atoms with Gasteiger partial charge in [-0.05, 0) is 72.8 Å². The third kappa shape index (κ3) is 6.42. The maximum Gasteiger partial charge on any atom is 0.257 e. The Morgan fingerprint density at radius 2 is 1.37 bits per heavy atom. The third-order valence-corrected chi connectivity index (χ3v) is 6.75. The Bertz CT molecular complexity index is 1570. The second kappa shape index (κ2) is 12.2. The van der Waals surface area contributed by atoms with Crippen LogP contribution < -0.4 is 25.6 Å². The number of nitrogens with one attached hydrogen (secondary N) is 3. The van der Waals surface area contributed by atoms with Gasteiger partial charge in [-0.15, -0.1) is 0 Å². The lowest BCUT2D eigenvalue weighted by Gasteiger charge is -2.16. The van der Waals surface area contributed by atoms with E-state index in [0.29, 0.717) is 40.5 Å². The maximum absolute atomic E-state index is 13.0. The Labute approximate surface area is 237 Å². The Kier molecular flexibility index (Phi) is 8.05. The largest absolute Gasteiger partial charge is 0.497 e. The fraction of sp³-hybridized carbons (Fsp3) is 0.125. The summed E-state index contributed by atoms with van der Waals surface area (Å²) in [6, 6.07) is 29.3. The first-order valence-electron chi connectivity index (χ1n) is 13.0. The highest BCUT2D eigenvalue weighted by molar-refractivity contribution is 6.12. The number of hydrogen-bond donors (Lipinski definition) is 3. The van der Waals surface area contributed by atoms with Gasteiger partial charge in [0.15, 0.2) is 0 Å². The van der Waals surface area contributed by atoms with Crippen LogP contribution in [0.3, 0.4) is 0 Å². The number of methoxy groups -OCH3 is 1. The summed E-state index contributed by atoms with van der Waals surface area (Å²) in [6.07, 6.45) is 0.132. The van der Waals surface area contributed by atoms with Gasteiger partial charge >= 0.3 is 0 Å². The molecule has 1 aliphatic heterocycles. The summed E-state index contributed by atoms with van der Waals surface area (Å²) in [4.78, 5) is 52.8. The summed E-state index contributed by atoms with van der Waals surface area (Å²) in [5.74, 6) is -0.948. The van der Waals surface area contributed by atoms with E-state index in [0.717, 1.165) is 5.69 Å². The number of hydrogen-bond acceptors (Lipinski definition) is 5. The van der Waals surface area contributed by atoms with E-state index in [1.54, 1.807) is 84.8 Å². The first-order valence-corrected chi connectivity index (χ1v) is 13.0. The SMILES string of the molecule is COc1ccc(NC(=O)c2ccccc2NC(=O)c2ccc(NC(=O)C3CC(=O)N(c4ccccc4)C3)cc2)cc1. The van der Waals surface area contributed by atoms with Crippen molar-refractivity contribution in [3.05, 3.63) is 114 Å². The molecule has 0 bridgehead atoms. The molecule has 9 heteroatoms. The number of anilines is 4. The average molecular weight is 549 g/mol. The van der Waals surface area contributed by atoms with Crippen LogP contribution in [0.4, 0.5) is 22.7 Å². The van der Waals surface area contributed by atoms with Crippen molar-refractivity contribution < 1.29 is 23.9 Å². The van der Waals surface area contributed by atoms with Crippen molar-refractivity contribution in [1.29, 1.82) is 0 Å². The molecule has 4 amide bonds. The van der Waals surface area contributed by atoms with Crippen LogP contribution in [0, 0.1) is 5.92 Å². The molecule has 206 valence electrons. The predicted molar refractivity (Wildman–Crippen MR) is 157 cm³/mol. The van der Waals surface area contributed by atoms with Gasteiger partial charge in [0.25, 0.3) is 11.8 Å². The van der Waals surface area contributed by atoms with E-state index in [2.05, 4.69) is 16.0 Å². The molecule has 41 heavy (non-hydrogen) atoms. The molecule has 4 aromatic carbocycles.